The van der Waals surface area contributed by atoms with Crippen molar-refractivity contribution >= 4 is 40.5 Å². The molecule has 0 unspecified atom stereocenters. The number of carbonyl (C=O) groups excluding carboxylic acids is 2. The normalized spacial score (nSPS) is 10.8. The van der Waals surface area contributed by atoms with Gasteiger partial charge in [0, 0.05) is 53.4 Å². The number of ether oxygens (including phenoxy) is 2. The molecule has 0 radical (unpaired) electrons. The summed E-state index contributed by atoms with van der Waals surface area (Å²) in [5.74, 6) is 14.8. The first-order valence-corrected chi connectivity index (χ1v) is 18.6. The fourth-order valence-electron chi connectivity index (χ4n) is 5.66. The lowest BCUT2D eigenvalue weighted by Crippen LogP contribution is -2.20. The number of hydrogen-bond donors (Lipinski definition) is 4. The zero-order valence-electron chi connectivity index (χ0n) is 34.4. The Morgan fingerprint density at radius 1 is 0.509 bits per heavy atom. The number of amides is 4. The van der Waals surface area contributed by atoms with E-state index < -0.39 is 0 Å². The molecule has 5 aromatic rings. The van der Waals surface area contributed by atoms with E-state index in [0.29, 0.717) is 45.4 Å². The van der Waals surface area contributed by atoms with Gasteiger partial charge in [-0.3, -0.25) is 0 Å². The maximum atomic E-state index is 13.1. The number of nitrogens with one attached hydrogen (secondary N) is 4. The van der Waals surface area contributed by atoms with Gasteiger partial charge in [-0.25, -0.2) is 9.59 Å². The van der Waals surface area contributed by atoms with E-state index in [4.69, 9.17) is 9.47 Å². The third-order valence-electron chi connectivity index (χ3n) is 9.08. The van der Waals surface area contributed by atoms with E-state index in [0.717, 1.165) is 27.9 Å². The van der Waals surface area contributed by atoms with Crippen molar-refractivity contribution in [2.24, 2.45) is 0 Å². The van der Waals surface area contributed by atoms with Gasteiger partial charge in [-0.05, 0) is 113 Å². The Kier molecular flexibility index (Phi) is 12.9. The second-order valence-electron chi connectivity index (χ2n) is 15.8. The molecule has 0 aliphatic carbocycles. The van der Waals surface area contributed by atoms with Gasteiger partial charge in [0.2, 0.25) is 0 Å². The lowest BCUT2D eigenvalue weighted by molar-refractivity contribution is 0.261. The van der Waals surface area contributed by atoms with Crippen LogP contribution in [0.5, 0.6) is 11.5 Å². The summed E-state index contributed by atoms with van der Waals surface area (Å²) in [7, 11) is 7.13. The second-order valence-corrected chi connectivity index (χ2v) is 15.8. The summed E-state index contributed by atoms with van der Waals surface area (Å²) in [5.41, 5.74) is 8.11. The maximum absolute atomic E-state index is 13.1. The van der Waals surface area contributed by atoms with Crippen LogP contribution < -0.4 is 35.6 Å². The number of urea groups is 2. The molecule has 0 aromatic heterocycles. The van der Waals surface area contributed by atoms with Crippen LogP contribution in [0.2, 0.25) is 0 Å². The number of anilines is 5. The summed E-state index contributed by atoms with van der Waals surface area (Å²) < 4.78 is 10.5. The first-order chi connectivity index (χ1) is 27.0. The highest BCUT2D eigenvalue weighted by molar-refractivity contribution is 6.01. The van der Waals surface area contributed by atoms with Gasteiger partial charge >= 0.3 is 12.1 Å². The average molecular weight is 762 g/mol. The van der Waals surface area contributed by atoms with Gasteiger partial charge in [-0.2, -0.15) is 0 Å². The summed E-state index contributed by atoms with van der Waals surface area (Å²) in [6, 6.07) is 31.3. The Balaban J connectivity index is 1.47. The minimum absolute atomic E-state index is 0.137. The van der Waals surface area contributed by atoms with Crippen LogP contribution in [-0.4, -0.2) is 40.4 Å². The largest absolute Gasteiger partial charge is 0.497 e. The number of hydrogen-bond acceptors (Lipinski definition) is 5. The summed E-state index contributed by atoms with van der Waals surface area (Å²) >= 11 is 0. The van der Waals surface area contributed by atoms with Crippen LogP contribution in [-0.2, 0) is 10.8 Å². The van der Waals surface area contributed by atoms with E-state index in [2.05, 4.69) is 86.5 Å². The van der Waals surface area contributed by atoms with Gasteiger partial charge in [0.05, 0.1) is 25.6 Å². The van der Waals surface area contributed by atoms with E-state index in [1.54, 1.807) is 62.8 Å². The molecule has 9 nitrogen and oxygen atoms in total. The standard InChI is InChI=1S/C48H51N5O4/c1-47(2,3)36-15-25-43(51-45(54)49-38-17-21-41(56-9)22-18-38)34(30-36)13-11-32-27-33(29-40(28-32)53(7)8)12-14-35-31-37(48(4,5)6)16-26-44(35)52-46(55)50-39-19-23-42(57-10)24-20-39/h15-31H,1-10H3,(H2,49,51,54)(H2,50,52,55). The maximum Gasteiger partial charge on any atom is 0.323 e. The molecule has 0 aliphatic rings. The highest BCUT2D eigenvalue weighted by Gasteiger charge is 2.18. The molecule has 0 atom stereocenters. The van der Waals surface area contributed by atoms with E-state index in [1.807, 2.05) is 73.6 Å². The topological polar surface area (TPSA) is 104 Å². The molecular weight excluding hydrogens is 711 g/mol. The van der Waals surface area contributed by atoms with Gasteiger partial charge < -0.3 is 35.6 Å². The molecule has 0 bridgehead atoms. The molecule has 0 saturated heterocycles. The van der Waals surface area contributed by atoms with Crippen LogP contribution in [0.1, 0.15) is 74.9 Å². The summed E-state index contributed by atoms with van der Waals surface area (Å²) in [4.78, 5) is 28.2. The molecule has 292 valence electrons. The molecule has 0 saturated carbocycles. The van der Waals surface area contributed by atoms with Crippen LogP contribution in [0, 0.1) is 23.7 Å². The summed E-state index contributed by atoms with van der Waals surface area (Å²) in [6.45, 7) is 12.8. The molecule has 57 heavy (non-hydrogen) atoms. The molecule has 0 aliphatic heterocycles. The van der Waals surface area contributed by atoms with Gasteiger partial charge in [-0.15, -0.1) is 0 Å². The van der Waals surface area contributed by atoms with Gasteiger partial charge in [0.15, 0.2) is 0 Å². The first-order valence-electron chi connectivity index (χ1n) is 18.6. The lowest BCUT2D eigenvalue weighted by Gasteiger charge is -2.20. The van der Waals surface area contributed by atoms with E-state index in [-0.39, 0.29) is 22.9 Å². The highest BCUT2D eigenvalue weighted by Crippen LogP contribution is 2.29. The van der Waals surface area contributed by atoms with Crippen molar-refractivity contribution in [3.63, 3.8) is 0 Å². The van der Waals surface area contributed by atoms with Gasteiger partial charge in [0.1, 0.15) is 11.5 Å². The SMILES string of the molecule is COc1ccc(NC(=O)Nc2ccc(C(C)(C)C)cc2C#Cc2cc(C#Cc3cc(C(C)(C)C)ccc3NC(=O)Nc3ccc(OC)cc3)cc(N(C)C)c2)cc1. The molecule has 5 rings (SSSR count). The van der Waals surface area contributed by atoms with E-state index in [9.17, 15) is 9.59 Å². The van der Waals surface area contributed by atoms with E-state index in [1.165, 1.54) is 0 Å². The van der Waals surface area contributed by atoms with Crippen molar-refractivity contribution in [1.82, 2.24) is 0 Å². The fraction of sp³-hybridized carbons (Fsp3) is 0.250. The summed E-state index contributed by atoms with van der Waals surface area (Å²) in [5, 5.41) is 11.7. The van der Waals surface area contributed by atoms with Crippen molar-refractivity contribution in [1.29, 1.82) is 0 Å². The predicted octanol–water partition coefficient (Wildman–Crippen LogP) is 10.5. The number of carbonyl (C=O) groups is 2. The number of methoxy groups -OCH3 is 2. The van der Waals surface area contributed by atoms with E-state index >= 15 is 0 Å². The van der Waals surface area contributed by atoms with Crippen LogP contribution >= 0.6 is 0 Å². The monoisotopic (exact) mass is 761 g/mol. The van der Waals surface area contributed by atoms with Crippen molar-refractivity contribution in [3.05, 3.63) is 137 Å². The average Bonchev–Trinajstić information content (AvgIpc) is 3.16. The molecule has 0 fully saturated rings. The molecule has 9 heteroatoms. The zero-order valence-corrected chi connectivity index (χ0v) is 34.4. The third-order valence-corrected chi connectivity index (χ3v) is 9.08. The van der Waals surface area contributed by atoms with Gasteiger partial charge in [0.25, 0.3) is 0 Å². The molecule has 5 aromatic carbocycles. The predicted molar refractivity (Wildman–Crippen MR) is 234 cm³/mol. The first kappa shape index (κ1) is 41.3. The number of benzene rings is 5. The fourth-order valence-corrected chi connectivity index (χ4v) is 5.66. The number of rotatable bonds is 7. The highest BCUT2D eigenvalue weighted by atomic mass is 16.5. The summed E-state index contributed by atoms with van der Waals surface area (Å²) in [6.07, 6.45) is 0. The van der Waals surface area contributed by atoms with Crippen LogP contribution in [0.4, 0.5) is 38.0 Å². The van der Waals surface area contributed by atoms with Crippen LogP contribution in [0.3, 0.4) is 0 Å². The molecule has 0 spiro atoms. The number of nitrogens with zero attached hydrogens (tertiary/aromatic N) is 1. The smallest absolute Gasteiger partial charge is 0.323 e. The zero-order chi connectivity index (χ0) is 41.3. The van der Waals surface area contributed by atoms with Crippen molar-refractivity contribution in [2.75, 3.05) is 54.5 Å². The quantitative estimate of drug-likeness (QED) is 0.124. The van der Waals surface area contributed by atoms with Crippen molar-refractivity contribution in [3.8, 4) is 35.2 Å². The third kappa shape index (κ3) is 11.6. The van der Waals surface area contributed by atoms with Crippen LogP contribution in [0.15, 0.2) is 103 Å². The second kappa shape index (κ2) is 17.7. The Labute approximate surface area is 337 Å². The van der Waals surface area contributed by atoms with Crippen LogP contribution in [0.25, 0.3) is 0 Å². The Bertz CT molecular complexity index is 2200. The van der Waals surface area contributed by atoms with Crippen molar-refractivity contribution < 1.29 is 19.1 Å². The minimum Gasteiger partial charge on any atom is -0.497 e. The Hall–Kier alpha value is -6.84. The lowest BCUT2D eigenvalue weighted by atomic mass is 9.86. The Morgan fingerprint density at radius 3 is 1.23 bits per heavy atom. The molecule has 4 N–H and O–H groups in total. The van der Waals surface area contributed by atoms with Crippen molar-refractivity contribution in [2.45, 2.75) is 52.4 Å². The molecular formula is C48H51N5O4. The Morgan fingerprint density at radius 2 is 0.895 bits per heavy atom. The molecule has 0 heterocycles. The minimum atomic E-state index is -0.388. The van der Waals surface area contributed by atoms with Gasteiger partial charge in [-0.1, -0.05) is 77.4 Å². The molecule has 4 amide bonds.